The second kappa shape index (κ2) is 56.8. The lowest BCUT2D eigenvalue weighted by atomic mass is 10.1. The first-order valence-electron chi connectivity index (χ1n) is 27.0. The lowest BCUT2D eigenvalue weighted by Crippen LogP contribution is -2.29. The third kappa shape index (κ3) is 54.1. The summed E-state index contributed by atoms with van der Waals surface area (Å²) in [5.41, 5.74) is 0. The number of allylic oxidation sites excluding steroid dienone is 25. The molecular weight excluding hydrogens is 837 g/mol. The van der Waals surface area contributed by atoms with Crippen LogP contribution in [0.2, 0.25) is 0 Å². The van der Waals surface area contributed by atoms with Gasteiger partial charge in [0.15, 0.2) is 6.10 Å². The Morgan fingerprint density at radius 2 is 0.662 bits per heavy atom. The summed E-state index contributed by atoms with van der Waals surface area (Å²) in [5.74, 6) is -0.583. The summed E-state index contributed by atoms with van der Waals surface area (Å²) in [6.45, 7) is 7.29. The molecule has 5 nitrogen and oxygen atoms in total. The Bertz CT molecular complexity index is 1520. The van der Waals surface area contributed by atoms with Crippen LogP contribution < -0.4 is 0 Å². The summed E-state index contributed by atoms with van der Waals surface area (Å²) < 4.78 is 17.3. The van der Waals surface area contributed by atoms with Gasteiger partial charge in [-0.05, 0) is 122 Å². The maximum atomic E-state index is 12.8. The third-order valence-corrected chi connectivity index (χ3v) is 10.6. The highest BCUT2D eigenvalue weighted by Crippen LogP contribution is 2.12. The van der Waals surface area contributed by atoms with Gasteiger partial charge in [-0.1, -0.05) is 224 Å². The standard InChI is InChI=1S/C63H98O5/c1-4-7-10-13-16-19-22-25-28-30-31-32-34-37-40-43-46-49-52-55-58-66-59-61(68-63(65)57-54-51-48-45-42-39-35-27-24-21-18-15-12-9-6-3)60-67-62(64)56-53-50-47-44-41-38-36-33-29-26-23-20-17-14-11-8-5-2/h7-12,16-21,25-29,31-32,35,37,40,42,45,51,54,61H,4-6,13-15,22-24,30,33-34,36,38-39,41,43-44,46-50,52-53,55-60H2,1-3H3/b10-7-,11-8-,12-9-,19-16-,20-17-,21-18-,28-25-,29-26-,32-31-,35-27-,40-37-,45-42-,54-51-. The normalized spacial score (nSPS) is 13.5. The third-order valence-electron chi connectivity index (χ3n) is 10.6. The minimum atomic E-state index is -0.621. The van der Waals surface area contributed by atoms with Crippen LogP contribution in [0, 0.1) is 0 Å². The maximum Gasteiger partial charge on any atom is 0.310 e. The van der Waals surface area contributed by atoms with Gasteiger partial charge in [0.2, 0.25) is 0 Å². The van der Waals surface area contributed by atoms with E-state index in [0.717, 1.165) is 141 Å². The van der Waals surface area contributed by atoms with Crippen LogP contribution in [-0.2, 0) is 23.8 Å². The van der Waals surface area contributed by atoms with Crippen LogP contribution in [0.25, 0.3) is 0 Å². The molecule has 0 saturated carbocycles. The molecule has 1 unspecified atom stereocenters. The first-order chi connectivity index (χ1) is 33.6. The Labute approximate surface area is 418 Å². The predicted octanol–water partition coefficient (Wildman–Crippen LogP) is 18.7. The smallest absolute Gasteiger partial charge is 0.310 e. The molecule has 0 aliphatic heterocycles. The number of unbranched alkanes of at least 4 members (excludes halogenated alkanes) is 11. The highest BCUT2D eigenvalue weighted by atomic mass is 16.6. The van der Waals surface area contributed by atoms with E-state index < -0.39 is 6.10 Å². The Morgan fingerprint density at radius 3 is 1.06 bits per heavy atom. The predicted molar refractivity (Wildman–Crippen MR) is 297 cm³/mol. The highest BCUT2D eigenvalue weighted by Gasteiger charge is 2.17. The number of ether oxygens (including phenoxy) is 3. The summed E-state index contributed by atoms with van der Waals surface area (Å²) in [6.07, 6.45) is 84.3. The van der Waals surface area contributed by atoms with E-state index >= 15 is 0 Å². The van der Waals surface area contributed by atoms with Crippen molar-refractivity contribution in [1.29, 1.82) is 0 Å². The van der Waals surface area contributed by atoms with E-state index in [1.807, 2.05) is 12.2 Å². The molecule has 0 aromatic heterocycles. The van der Waals surface area contributed by atoms with Gasteiger partial charge >= 0.3 is 11.9 Å². The topological polar surface area (TPSA) is 61.8 Å². The fourth-order valence-electron chi connectivity index (χ4n) is 6.68. The molecule has 0 aliphatic rings. The molecule has 0 rings (SSSR count). The molecule has 0 heterocycles. The lowest BCUT2D eigenvalue weighted by molar-refractivity contribution is -0.162. The van der Waals surface area contributed by atoms with Crippen LogP contribution in [0.3, 0.4) is 0 Å². The first kappa shape index (κ1) is 63.5. The van der Waals surface area contributed by atoms with Crippen LogP contribution in [0.5, 0.6) is 0 Å². The van der Waals surface area contributed by atoms with Gasteiger partial charge in [0.1, 0.15) is 6.61 Å². The van der Waals surface area contributed by atoms with Gasteiger partial charge in [-0.2, -0.15) is 0 Å². The molecule has 0 aliphatic carbocycles. The van der Waals surface area contributed by atoms with Gasteiger partial charge in [0.05, 0.1) is 13.0 Å². The zero-order valence-corrected chi connectivity index (χ0v) is 43.6. The molecule has 0 saturated heterocycles. The van der Waals surface area contributed by atoms with Gasteiger partial charge in [0, 0.05) is 13.0 Å². The average molecular weight is 935 g/mol. The Hall–Kier alpha value is -4.48. The van der Waals surface area contributed by atoms with Crippen LogP contribution in [0.4, 0.5) is 0 Å². The number of rotatable bonds is 47. The molecule has 5 heteroatoms. The van der Waals surface area contributed by atoms with E-state index in [-0.39, 0.29) is 31.6 Å². The summed E-state index contributed by atoms with van der Waals surface area (Å²) >= 11 is 0. The molecule has 0 aromatic rings. The second-order valence-electron chi connectivity index (χ2n) is 17.0. The minimum Gasteiger partial charge on any atom is -0.462 e. The van der Waals surface area contributed by atoms with E-state index in [2.05, 4.69) is 167 Å². The molecule has 0 aromatic carbocycles. The number of carbonyl (C=O) groups excluding carboxylic acids is 2. The van der Waals surface area contributed by atoms with Crippen molar-refractivity contribution in [2.75, 3.05) is 19.8 Å². The van der Waals surface area contributed by atoms with E-state index in [0.29, 0.717) is 13.0 Å². The summed E-state index contributed by atoms with van der Waals surface area (Å²) in [5, 5.41) is 0. The Morgan fingerprint density at radius 1 is 0.338 bits per heavy atom. The summed E-state index contributed by atoms with van der Waals surface area (Å²) in [7, 11) is 0. The number of esters is 2. The zero-order valence-electron chi connectivity index (χ0n) is 43.6. The Balaban J connectivity index is 4.49. The van der Waals surface area contributed by atoms with Gasteiger partial charge in [-0.15, -0.1) is 0 Å². The molecule has 0 N–H and O–H groups in total. The second-order valence-corrected chi connectivity index (χ2v) is 17.0. The largest absolute Gasteiger partial charge is 0.462 e. The fraction of sp³-hybridized carbons (Fsp3) is 0.556. The molecular formula is C63H98O5. The van der Waals surface area contributed by atoms with Crippen molar-refractivity contribution in [2.45, 2.75) is 207 Å². The average Bonchev–Trinajstić information content (AvgIpc) is 3.34. The van der Waals surface area contributed by atoms with Gasteiger partial charge in [-0.25, -0.2) is 0 Å². The molecule has 0 amide bonds. The zero-order chi connectivity index (χ0) is 49.2. The molecule has 0 spiro atoms. The number of hydrogen-bond acceptors (Lipinski definition) is 5. The molecule has 0 radical (unpaired) electrons. The SMILES string of the molecule is CC/C=C\C/C=C\C/C=C\C/C=C\C/C=C\CCCCCCOCC(COC(=O)CCCCCCCCC/C=C\C/C=C\C/C=C\CC)OC(=O)C/C=C\C/C=C\C/C=C\C/C=C\C/C=C\CC. The van der Waals surface area contributed by atoms with Crippen LogP contribution in [0.15, 0.2) is 158 Å². The lowest BCUT2D eigenvalue weighted by Gasteiger charge is -2.18. The van der Waals surface area contributed by atoms with Crippen molar-refractivity contribution in [2.24, 2.45) is 0 Å². The monoisotopic (exact) mass is 935 g/mol. The maximum absolute atomic E-state index is 12.8. The Kier molecular flexibility index (Phi) is 53.1. The van der Waals surface area contributed by atoms with Crippen molar-refractivity contribution >= 4 is 11.9 Å². The summed E-state index contributed by atoms with van der Waals surface area (Å²) in [4.78, 5) is 25.4. The molecule has 68 heavy (non-hydrogen) atoms. The molecule has 1 atom stereocenters. The van der Waals surface area contributed by atoms with Crippen molar-refractivity contribution in [1.82, 2.24) is 0 Å². The molecule has 0 fully saturated rings. The van der Waals surface area contributed by atoms with E-state index in [1.165, 1.54) is 25.7 Å². The van der Waals surface area contributed by atoms with Crippen molar-refractivity contribution in [3.8, 4) is 0 Å². The quantitative estimate of drug-likeness (QED) is 0.0346. The van der Waals surface area contributed by atoms with E-state index in [9.17, 15) is 9.59 Å². The van der Waals surface area contributed by atoms with Gasteiger partial charge < -0.3 is 14.2 Å². The van der Waals surface area contributed by atoms with E-state index in [1.54, 1.807) is 0 Å². The summed E-state index contributed by atoms with van der Waals surface area (Å²) in [6, 6.07) is 0. The van der Waals surface area contributed by atoms with Crippen LogP contribution in [0.1, 0.15) is 201 Å². The highest BCUT2D eigenvalue weighted by molar-refractivity contribution is 5.71. The number of carbonyl (C=O) groups is 2. The van der Waals surface area contributed by atoms with E-state index in [4.69, 9.17) is 14.2 Å². The number of hydrogen-bond donors (Lipinski definition) is 0. The van der Waals surface area contributed by atoms with Gasteiger partial charge in [0.25, 0.3) is 0 Å². The van der Waals surface area contributed by atoms with Crippen molar-refractivity contribution < 1.29 is 23.8 Å². The fourth-order valence-corrected chi connectivity index (χ4v) is 6.68. The molecule has 0 bridgehead atoms. The first-order valence-corrected chi connectivity index (χ1v) is 27.0. The minimum absolute atomic E-state index is 0.0184. The molecule has 380 valence electrons. The van der Waals surface area contributed by atoms with Crippen LogP contribution in [-0.4, -0.2) is 37.9 Å². The van der Waals surface area contributed by atoms with Crippen LogP contribution >= 0.6 is 0 Å². The van der Waals surface area contributed by atoms with Crippen molar-refractivity contribution in [3.63, 3.8) is 0 Å². The van der Waals surface area contributed by atoms with Gasteiger partial charge in [-0.3, -0.25) is 9.59 Å². The van der Waals surface area contributed by atoms with Crippen molar-refractivity contribution in [3.05, 3.63) is 158 Å².